The van der Waals surface area contributed by atoms with Crippen molar-refractivity contribution in [1.82, 2.24) is 15.3 Å². The third-order valence-electron chi connectivity index (χ3n) is 6.50. The van der Waals surface area contributed by atoms with Crippen LogP contribution in [0.25, 0.3) is 0 Å². The lowest BCUT2D eigenvalue weighted by molar-refractivity contribution is 0.0932. The summed E-state index contributed by atoms with van der Waals surface area (Å²) in [5.74, 6) is 0.160. The minimum absolute atomic E-state index is 0.104. The molecule has 2 aliphatic heterocycles. The van der Waals surface area contributed by atoms with E-state index in [0.29, 0.717) is 22.1 Å². The fraction of sp³-hybridized carbons (Fsp3) is 0.250. The molecule has 164 valence electrons. The highest BCUT2D eigenvalue weighted by Gasteiger charge is 2.46. The summed E-state index contributed by atoms with van der Waals surface area (Å²) in [5, 5.41) is 16.4. The number of amides is 1. The van der Waals surface area contributed by atoms with E-state index in [1.165, 1.54) is 35.1 Å². The van der Waals surface area contributed by atoms with Gasteiger partial charge in [-0.15, -0.1) is 0 Å². The second-order valence-corrected chi connectivity index (χ2v) is 8.95. The number of para-hydroxylation sites is 1. The first kappa shape index (κ1) is 20.0. The van der Waals surface area contributed by atoms with Crippen LogP contribution in [0.4, 0.5) is 17.3 Å². The van der Waals surface area contributed by atoms with Crippen molar-refractivity contribution in [3.05, 3.63) is 69.9 Å². The third-order valence-corrected chi connectivity index (χ3v) is 6.81. The Morgan fingerprint density at radius 1 is 1.27 bits per heavy atom. The average molecular weight is 459 g/mol. The maximum absolute atomic E-state index is 13.1. The van der Waals surface area contributed by atoms with Crippen molar-refractivity contribution in [2.24, 2.45) is 0 Å². The molecule has 0 atom stereocenters. The molecule has 6 rings (SSSR count). The molecule has 0 radical (unpaired) electrons. The van der Waals surface area contributed by atoms with Gasteiger partial charge in [0, 0.05) is 30.4 Å². The van der Waals surface area contributed by atoms with Crippen LogP contribution in [0.1, 0.15) is 39.9 Å². The van der Waals surface area contributed by atoms with E-state index in [-0.39, 0.29) is 29.6 Å². The van der Waals surface area contributed by atoms with E-state index in [1.807, 2.05) is 6.07 Å². The van der Waals surface area contributed by atoms with Crippen LogP contribution < -0.4 is 20.3 Å². The Labute approximate surface area is 195 Å². The lowest BCUT2D eigenvalue weighted by Gasteiger charge is -2.29. The van der Waals surface area contributed by atoms with Crippen LogP contribution in [-0.2, 0) is 12.0 Å². The van der Waals surface area contributed by atoms with Crippen LogP contribution >= 0.6 is 11.6 Å². The molecule has 3 aliphatic rings. The normalized spacial score (nSPS) is 17.6. The molecule has 1 amide bonds. The molecule has 1 saturated carbocycles. The summed E-state index contributed by atoms with van der Waals surface area (Å²) in [6.07, 6.45) is 3.90. The molecule has 1 fully saturated rings. The van der Waals surface area contributed by atoms with E-state index < -0.39 is 0 Å². The minimum atomic E-state index is -0.373. The van der Waals surface area contributed by atoms with E-state index in [9.17, 15) is 10.1 Å². The summed E-state index contributed by atoms with van der Waals surface area (Å²) >= 11 is 6.28. The predicted octanol–water partition coefficient (Wildman–Crippen LogP) is 3.88. The number of carbonyl (C=O) groups is 1. The van der Waals surface area contributed by atoms with E-state index in [0.717, 1.165) is 18.8 Å². The van der Waals surface area contributed by atoms with Crippen LogP contribution in [0.3, 0.4) is 0 Å². The summed E-state index contributed by atoms with van der Waals surface area (Å²) < 4.78 is 5.76. The van der Waals surface area contributed by atoms with E-state index in [4.69, 9.17) is 16.3 Å². The van der Waals surface area contributed by atoms with Gasteiger partial charge in [-0.3, -0.25) is 9.69 Å². The van der Waals surface area contributed by atoms with Gasteiger partial charge in [-0.25, -0.2) is 4.98 Å². The second kappa shape index (κ2) is 7.44. The quantitative estimate of drug-likeness (QED) is 0.613. The topological polar surface area (TPSA) is 103 Å². The van der Waals surface area contributed by atoms with Gasteiger partial charge in [-0.1, -0.05) is 23.7 Å². The van der Waals surface area contributed by atoms with Gasteiger partial charge in [0.15, 0.2) is 6.73 Å². The molecule has 2 aromatic carbocycles. The number of nitrogens with one attached hydrogen (secondary N) is 2. The zero-order valence-corrected chi connectivity index (χ0v) is 18.3. The van der Waals surface area contributed by atoms with Crippen molar-refractivity contribution in [2.45, 2.75) is 24.8 Å². The standard InChI is InChI=1S/C24H19ClN6O2/c25-19-3-1-2-14(9-26)20(19)31-13-33-21-17(22(31)32)11-28-23(30-21)29-16-4-5-18-15(8-16)10-27-12-24(18)6-7-24/h1-5,8,11,27H,6-7,10,12-13H2,(H,28,29,30). The highest BCUT2D eigenvalue weighted by molar-refractivity contribution is 6.34. The molecule has 1 aromatic heterocycles. The van der Waals surface area contributed by atoms with Crippen LogP contribution in [0, 0.1) is 11.3 Å². The van der Waals surface area contributed by atoms with Crippen molar-refractivity contribution in [3.8, 4) is 11.9 Å². The Bertz CT molecular complexity index is 1350. The molecule has 33 heavy (non-hydrogen) atoms. The molecule has 2 N–H and O–H groups in total. The molecule has 3 heterocycles. The number of anilines is 3. The number of halogens is 1. The summed E-state index contributed by atoms with van der Waals surface area (Å²) in [6, 6.07) is 13.3. The van der Waals surface area contributed by atoms with Crippen molar-refractivity contribution < 1.29 is 9.53 Å². The summed E-state index contributed by atoms with van der Waals surface area (Å²) in [6.45, 7) is 1.79. The van der Waals surface area contributed by atoms with Crippen molar-refractivity contribution in [1.29, 1.82) is 5.26 Å². The maximum atomic E-state index is 13.1. The first-order valence-electron chi connectivity index (χ1n) is 10.7. The first-order chi connectivity index (χ1) is 16.1. The van der Waals surface area contributed by atoms with Gasteiger partial charge in [0.1, 0.15) is 11.6 Å². The molecule has 3 aromatic rings. The molecule has 8 nitrogen and oxygen atoms in total. The number of nitrogens with zero attached hydrogens (tertiary/aromatic N) is 4. The molecule has 1 spiro atoms. The van der Waals surface area contributed by atoms with Gasteiger partial charge < -0.3 is 15.4 Å². The van der Waals surface area contributed by atoms with Gasteiger partial charge in [-0.2, -0.15) is 10.2 Å². The summed E-state index contributed by atoms with van der Waals surface area (Å²) in [7, 11) is 0. The molecule has 0 bridgehead atoms. The van der Waals surface area contributed by atoms with Crippen LogP contribution in [0.15, 0.2) is 42.6 Å². The lowest BCUT2D eigenvalue weighted by atomic mass is 9.88. The number of hydrogen-bond acceptors (Lipinski definition) is 7. The third kappa shape index (κ3) is 3.28. The molecular weight excluding hydrogens is 440 g/mol. The SMILES string of the molecule is N#Cc1cccc(Cl)c1N1COc2nc(Nc3ccc4c(c3)CNCC43CC3)ncc2C1=O. The van der Waals surface area contributed by atoms with Crippen LogP contribution in [0.2, 0.25) is 5.02 Å². The fourth-order valence-electron chi connectivity index (χ4n) is 4.65. The van der Waals surface area contributed by atoms with Crippen molar-refractivity contribution >= 4 is 34.8 Å². The Balaban J connectivity index is 1.26. The smallest absolute Gasteiger partial charge is 0.268 e. The van der Waals surface area contributed by atoms with Crippen molar-refractivity contribution in [3.63, 3.8) is 0 Å². The molecule has 0 unspecified atom stereocenters. The Kier molecular flexibility index (Phi) is 4.50. The first-order valence-corrected chi connectivity index (χ1v) is 11.1. The number of rotatable bonds is 3. The number of nitriles is 1. The average Bonchev–Trinajstić information content (AvgIpc) is 3.59. The van der Waals surface area contributed by atoms with Crippen LogP contribution in [-0.4, -0.2) is 29.2 Å². The highest BCUT2D eigenvalue weighted by atomic mass is 35.5. The van der Waals surface area contributed by atoms with Gasteiger partial charge in [0.25, 0.3) is 5.91 Å². The number of ether oxygens (including phenoxy) is 1. The molecule has 1 aliphatic carbocycles. The largest absolute Gasteiger partial charge is 0.455 e. The molecule has 9 heteroatoms. The summed E-state index contributed by atoms with van der Waals surface area (Å²) in [5.41, 5.74) is 4.74. The number of hydrogen-bond donors (Lipinski definition) is 2. The van der Waals surface area contributed by atoms with E-state index in [2.05, 4.69) is 38.8 Å². The van der Waals surface area contributed by atoms with Gasteiger partial charge >= 0.3 is 0 Å². The number of carbonyl (C=O) groups excluding carboxylic acids is 1. The maximum Gasteiger partial charge on any atom is 0.268 e. The highest BCUT2D eigenvalue weighted by Crippen LogP contribution is 2.50. The van der Waals surface area contributed by atoms with Gasteiger partial charge in [0.2, 0.25) is 11.8 Å². The molecule has 0 saturated heterocycles. The van der Waals surface area contributed by atoms with Crippen molar-refractivity contribution in [2.75, 3.05) is 23.5 Å². The Morgan fingerprint density at radius 3 is 2.97 bits per heavy atom. The van der Waals surface area contributed by atoms with Gasteiger partial charge in [0.05, 0.1) is 16.3 Å². The number of benzene rings is 2. The predicted molar refractivity (Wildman–Crippen MR) is 123 cm³/mol. The monoisotopic (exact) mass is 458 g/mol. The zero-order valence-electron chi connectivity index (χ0n) is 17.6. The number of fused-ring (bicyclic) bond motifs is 3. The second-order valence-electron chi connectivity index (χ2n) is 8.55. The van der Waals surface area contributed by atoms with Gasteiger partial charge in [-0.05, 0) is 48.2 Å². The van der Waals surface area contributed by atoms with E-state index in [1.54, 1.807) is 18.2 Å². The minimum Gasteiger partial charge on any atom is -0.455 e. The zero-order chi connectivity index (χ0) is 22.6. The number of aromatic nitrogens is 2. The van der Waals surface area contributed by atoms with E-state index >= 15 is 0 Å². The Hall–Kier alpha value is -3.67. The summed E-state index contributed by atoms with van der Waals surface area (Å²) in [4.78, 5) is 23.1. The van der Waals surface area contributed by atoms with Crippen LogP contribution in [0.5, 0.6) is 5.88 Å². The Morgan fingerprint density at radius 2 is 2.15 bits per heavy atom. The molecular formula is C24H19ClN6O2. The fourth-order valence-corrected chi connectivity index (χ4v) is 4.93. The lowest BCUT2D eigenvalue weighted by Crippen LogP contribution is -2.40.